The fraction of sp³-hybridized carbons (Fsp3) is 0.400. The molecule has 1 aromatic carbocycles. The van der Waals surface area contributed by atoms with Crippen molar-refractivity contribution in [3.05, 3.63) is 57.8 Å². The topological polar surface area (TPSA) is 105 Å². The van der Waals surface area contributed by atoms with Crippen LogP contribution in [-0.2, 0) is 13.0 Å². The van der Waals surface area contributed by atoms with Gasteiger partial charge in [0.05, 0.1) is 0 Å². The summed E-state index contributed by atoms with van der Waals surface area (Å²) in [5.74, 6) is -1.32. The van der Waals surface area contributed by atoms with Crippen LogP contribution in [0.15, 0.2) is 35.1 Å². The average molecular weight is 388 g/mol. The molecule has 0 atom stereocenters. The molecule has 0 saturated carbocycles. The lowest BCUT2D eigenvalue weighted by Gasteiger charge is -2.25. The molecule has 8 nitrogen and oxygen atoms in total. The first kappa shape index (κ1) is 22.9. The predicted molar refractivity (Wildman–Crippen MR) is 108 cm³/mol. The quantitative estimate of drug-likeness (QED) is 0.840. The number of amides is 2. The Morgan fingerprint density at radius 3 is 2.36 bits per heavy atom. The van der Waals surface area contributed by atoms with Crippen LogP contribution >= 0.6 is 0 Å². The highest BCUT2D eigenvalue weighted by atomic mass is 16.3. The number of likely N-dealkylation sites (N-methyl/N-ethyl adjacent to an activating group) is 1. The standard InChI is InChI=1S/C16H16N4O4.2C2H6/c1-19-8-7-11-18-12(13(21)15(23)20(11)16(19)24)14(22)17-9-10-5-3-2-4-6-10;2*1-2/h2-6,21H,7-9H2,1H3,(H,17,22);2*1-2H3. The monoisotopic (exact) mass is 388 g/mol. The molecule has 1 aliphatic heterocycles. The normalized spacial score (nSPS) is 12.0. The third kappa shape index (κ3) is 4.97. The molecule has 0 saturated heterocycles. The van der Waals surface area contributed by atoms with Crippen molar-refractivity contribution in [2.75, 3.05) is 13.6 Å². The van der Waals surface area contributed by atoms with Crippen LogP contribution in [0.25, 0.3) is 0 Å². The first-order valence-electron chi connectivity index (χ1n) is 9.41. The first-order chi connectivity index (χ1) is 13.5. The molecule has 0 aliphatic carbocycles. The van der Waals surface area contributed by atoms with Crippen molar-refractivity contribution >= 4 is 11.9 Å². The van der Waals surface area contributed by atoms with E-state index in [-0.39, 0.29) is 18.1 Å². The number of aromatic nitrogens is 2. The predicted octanol–water partition coefficient (Wildman–Crippen LogP) is 2.39. The minimum Gasteiger partial charge on any atom is -0.501 e. The van der Waals surface area contributed by atoms with Gasteiger partial charge in [-0.15, -0.1) is 0 Å². The molecule has 2 amide bonds. The molecule has 0 unspecified atom stereocenters. The summed E-state index contributed by atoms with van der Waals surface area (Å²) in [4.78, 5) is 41.9. The van der Waals surface area contributed by atoms with Crippen LogP contribution in [0.3, 0.4) is 0 Å². The zero-order chi connectivity index (χ0) is 21.3. The van der Waals surface area contributed by atoms with E-state index in [2.05, 4.69) is 10.3 Å². The number of nitrogens with one attached hydrogen (secondary N) is 1. The summed E-state index contributed by atoms with van der Waals surface area (Å²) in [6.45, 7) is 8.63. The number of rotatable bonds is 3. The van der Waals surface area contributed by atoms with Crippen molar-refractivity contribution in [1.29, 1.82) is 0 Å². The van der Waals surface area contributed by atoms with Gasteiger partial charge in [-0.3, -0.25) is 9.59 Å². The molecule has 2 aromatic rings. The molecular weight excluding hydrogens is 360 g/mol. The Balaban J connectivity index is 0.000000921. The van der Waals surface area contributed by atoms with Gasteiger partial charge < -0.3 is 15.3 Å². The summed E-state index contributed by atoms with van der Waals surface area (Å²) in [5.41, 5.74) is -0.419. The maximum absolute atomic E-state index is 12.2. The molecule has 152 valence electrons. The lowest BCUT2D eigenvalue weighted by molar-refractivity contribution is 0.0941. The largest absolute Gasteiger partial charge is 0.501 e. The van der Waals surface area contributed by atoms with Gasteiger partial charge in [0, 0.05) is 26.6 Å². The lowest BCUT2D eigenvalue weighted by atomic mass is 10.2. The van der Waals surface area contributed by atoms with E-state index < -0.39 is 23.2 Å². The van der Waals surface area contributed by atoms with Crippen molar-refractivity contribution in [3.63, 3.8) is 0 Å². The Bertz CT molecular complexity index is 862. The van der Waals surface area contributed by atoms with E-state index in [4.69, 9.17) is 0 Å². The second kappa shape index (κ2) is 10.9. The molecule has 0 bridgehead atoms. The molecule has 2 heterocycles. The van der Waals surface area contributed by atoms with Crippen molar-refractivity contribution in [2.24, 2.45) is 0 Å². The SMILES string of the molecule is CC.CC.CN1CCc2nc(C(=O)NCc3ccccc3)c(O)c(=O)n2C1=O. The third-order valence-electron chi connectivity index (χ3n) is 3.83. The summed E-state index contributed by atoms with van der Waals surface area (Å²) in [7, 11) is 1.55. The van der Waals surface area contributed by atoms with Crippen molar-refractivity contribution in [2.45, 2.75) is 40.7 Å². The fourth-order valence-corrected chi connectivity index (χ4v) is 2.48. The summed E-state index contributed by atoms with van der Waals surface area (Å²) in [6, 6.07) is 8.64. The van der Waals surface area contributed by atoms with Gasteiger partial charge in [0.2, 0.25) is 5.75 Å². The van der Waals surface area contributed by atoms with Crippen LogP contribution in [0, 0.1) is 0 Å². The third-order valence-corrected chi connectivity index (χ3v) is 3.83. The molecular formula is C20H28N4O4. The smallest absolute Gasteiger partial charge is 0.332 e. The number of hydrogen-bond acceptors (Lipinski definition) is 5. The van der Waals surface area contributed by atoms with Crippen molar-refractivity contribution in [3.8, 4) is 5.75 Å². The Kier molecular flexibility index (Phi) is 8.87. The zero-order valence-corrected chi connectivity index (χ0v) is 17.0. The van der Waals surface area contributed by atoms with Gasteiger partial charge in [-0.25, -0.2) is 14.3 Å². The van der Waals surface area contributed by atoms with E-state index in [9.17, 15) is 19.5 Å². The Morgan fingerprint density at radius 2 is 1.75 bits per heavy atom. The zero-order valence-electron chi connectivity index (χ0n) is 17.0. The lowest BCUT2D eigenvalue weighted by Crippen LogP contribution is -2.46. The van der Waals surface area contributed by atoms with E-state index in [0.717, 1.165) is 10.1 Å². The minimum atomic E-state index is -0.929. The average Bonchev–Trinajstić information content (AvgIpc) is 2.75. The fourth-order valence-electron chi connectivity index (χ4n) is 2.48. The number of carbonyl (C=O) groups excluding carboxylic acids is 2. The van der Waals surface area contributed by atoms with Crippen molar-refractivity contribution < 1.29 is 14.7 Å². The highest BCUT2D eigenvalue weighted by molar-refractivity contribution is 5.95. The van der Waals surface area contributed by atoms with Gasteiger partial charge >= 0.3 is 11.6 Å². The highest BCUT2D eigenvalue weighted by Crippen LogP contribution is 2.14. The van der Waals surface area contributed by atoms with Crippen LogP contribution < -0.4 is 10.9 Å². The van der Waals surface area contributed by atoms with E-state index in [1.807, 2.05) is 58.0 Å². The maximum atomic E-state index is 12.2. The molecule has 1 aromatic heterocycles. The van der Waals surface area contributed by atoms with Crippen molar-refractivity contribution in [1.82, 2.24) is 19.8 Å². The van der Waals surface area contributed by atoms with Crippen LogP contribution in [0.2, 0.25) is 0 Å². The molecule has 28 heavy (non-hydrogen) atoms. The second-order valence-electron chi connectivity index (χ2n) is 5.49. The summed E-state index contributed by atoms with van der Waals surface area (Å²) in [5, 5.41) is 12.6. The Labute approximate surface area is 164 Å². The van der Waals surface area contributed by atoms with Crippen LogP contribution in [0.5, 0.6) is 5.75 Å². The minimum absolute atomic E-state index is 0.172. The van der Waals surface area contributed by atoms with Crippen LogP contribution in [-0.4, -0.2) is 45.1 Å². The number of carbonyl (C=O) groups is 2. The van der Waals surface area contributed by atoms with Gasteiger partial charge in [0.25, 0.3) is 5.91 Å². The van der Waals surface area contributed by atoms with E-state index in [1.165, 1.54) is 4.90 Å². The van der Waals surface area contributed by atoms with Gasteiger partial charge in [-0.1, -0.05) is 58.0 Å². The van der Waals surface area contributed by atoms with Gasteiger partial charge in [-0.2, -0.15) is 0 Å². The van der Waals surface area contributed by atoms with E-state index in [0.29, 0.717) is 13.0 Å². The molecule has 1 aliphatic rings. The molecule has 0 fully saturated rings. The maximum Gasteiger partial charge on any atom is 0.332 e. The highest BCUT2D eigenvalue weighted by Gasteiger charge is 2.28. The molecule has 0 spiro atoms. The molecule has 0 radical (unpaired) electrons. The Hall–Kier alpha value is -3.16. The number of fused-ring (bicyclic) bond motifs is 1. The second-order valence-corrected chi connectivity index (χ2v) is 5.49. The van der Waals surface area contributed by atoms with Crippen LogP contribution in [0.4, 0.5) is 4.79 Å². The van der Waals surface area contributed by atoms with E-state index in [1.54, 1.807) is 7.05 Å². The summed E-state index contributed by atoms with van der Waals surface area (Å²) < 4.78 is 0.798. The summed E-state index contributed by atoms with van der Waals surface area (Å²) in [6.07, 6.45) is 0.330. The van der Waals surface area contributed by atoms with Gasteiger partial charge in [0.1, 0.15) is 5.82 Å². The first-order valence-corrected chi connectivity index (χ1v) is 9.41. The number of aromatic hydroxyl groups is 1. The number of nitrogens with zero attached hydrogens (tertiary/aromatic N) is 3. The molecule has 8 heteroatoms. The molecule has 3 rings (SSSR count). The van der Waals surface area contributed by atoms with E-state index >= 15 is 0 Å². The number of benzene rings is 1. The summed E-state index contributed by atoms with van der Waals surface area (Å²) >= 11 is 0. The van der Waals surface area contributed by atoms with Gasteiger partial charge in [0.15, 0.2) is 5.69 Å². The number of hydrogen-bond donors (Lipinski definition) is 2. The Morgan fingerprint density at radius 1 is 1.14 bits per heavy atom. The van der Waals surface area contributed by atoms with Gasteiger partial charge in [-0.05, 0) is 5.56 Å². The molecule has 2 N–H and O–H groups in total. The van der Waals surface area contributed by atoms with Crippen LogP contribution in [0.1, 0.15) is 49.6 Å².